The quantitative estimate of drug-likeness (QED) is 0.646. The molecule has 2 nitrogen and oxygen atoms in total. The normalized spacial score (nSPS) is 15.1. The second-order valence-corrected chi connectivity index (χ2v) is 4.16. The second kappa shape index (κ2) is 3.26. The summed E-state index contributed by atoms with van der Waals surface area (Å²) in [5.74, 6) is 1.24. The van der Waals surface area contributed by atoms with E-state index in [0.29, 0.717) is 11.1 Å². The zero-order chi connectivity index (χ0) is 9.42. The molecule has 1 aliphatic carbocycles. The van der Waals surface area contributed by atoms with Gasteiger partial charge in [-0.1, -0.05) is 25.4 Å². The average molecular weight is 197 g/mol. The van der Waals surface area contributed by atoms with Crippen LogP contribution in [0.4, 0.5) is 0 Å². The van der Waals surface area contributed by atoms with Crippen LogP contribution < -0.4 is 0 Å². The maximum absolute atomic E-state index is 6.07. The van der Waals surface area contributed by atoms with Gasteiger partial charge in [0.15, 0.2) is 0 Å². The highest BCUT2D eigenvalue weighted by Crippen LogP contribution is 2.27. The van der Waals surface area contributed by atoms with Gasteiger partial charge in [-0.2, -0.15) is 0 Å². The monoisotopic (exact) mass is 196 g/mol. The van der Waals surface area contributed by atoms with Crippen molar-refractivity contribution >= 4 is 11.6 Å². The van der Waals surface area contributed by atoms with Crippen molar-refractivity contribution in [3.63, 3.8) is 0 Å². The van der Waals surface area contributed by atoms with Crippen molar-refractivity contribution in [1.82, 2.24) is 9.97 Å². The molecule has 0 unspecified atom stereocenters. The minimum atomic E-state index is 0.364. The van der Waals surface area contributed by atoms with Crippen LogP contribution in [0.5, 0.6) is 0 Å². The number of aryl methyl sites for hydroxylation is 1. The summed E-state index contributed by atoms with van der Waals surface area (Å²) < 4.78 is 0. The number of halogens is 1. The number of rotatable bonds is 1. The first-order valence-corrected chi connectivity index (χ1v) is 5.11. The molecule has 70 valence electrons. The van der Waals surface area contributed by atoms with Gasteiger partial charge >= 0.3 is 0 Å². The molecule has 3 heteroatoms. The van der Waals surface area contributed by atoms with Crippen molar-refractivity contribution in [2.45, 2.75) is 39.0 Å². The molecular formula is C10H13ClN2. The summed E-state index contributed by atoms with van der Waals surface area (Å²) >= 11 is 6.07. The third-order valence-electron chi connectivity index (χ3n) is 2.42. The van der Waals surface area contributed by atoms with Crippen LogP contribution in [0.1, 0.15) is 43.3 Å². The summed E-state index contributed by atoms with van der Waals surface area (Å²) in [5, 5.41) is 0.672. The molecule has 0 bridgehead atoms. The molecule has 1 aliphatic rings. The van der Waals surface area contributed by atoms with Gasteiger partial charge in [0.1, 0.15) is 11.0 Å². The van der Waals surface area contributed by atoms with Gasteiger partial charge in [0.25, 0.3) is 0 Å². The Balaban J connectivity index is 2.49. The van der Waals surface area contributed by atoms with Gasteiger partial charge in [0, 0.05) is 17.2 Å². The Bertz CT molecular complexity index is 334. The van der Waals surface area contributed by atoms with Gasteiger partial charge < -0.3 is 0 Å². The lowest BCUT2D eigenvalue weighted by Gasteiger charge is -2.07. The van der Waals surface area contributed by atoms with Crippen molar-refractivity contribution in [2.75, 3.05) is 0 Å². The molecule has 0 atom stereocenters. The van der Waals surface area contributed by atoms with Crippen molar-refractivity contribution < 1.29 is 0 Å². The van der Waals surface area contributed by atoms with Crippen LogP contribution in [-0.2, 0) is 12.8 Å². The molecule has 2 rings (SSSR count). The topological polar surface area (TPSA) is 25.8 Å². The summed E-state index contributed by atoms with van der Waals surface area (Å²) in [7, 11) is 0. The first-order valence-electron chi connectivity index (χ1n) is 4.73. The first-order chi connectivity index (χ1) is 6.18. The fourth-order valence-electron chi connectivity index (χ4n) is 1.66. The van der Waals surface area contributed by atoms with E-state index in [1.165, 1.54) is 17.7 Å². The van der Waals surface area contributed by atoms with Crippen LogP contribution in [0, 0.1) is 0 Å². The number of fused-ring (bicyclic) bond motifs is 1. The maximum Gasteiger partial charge on any atom is 0.136 e. The van der Waals surface area contributed by atoms with E-state index in [1.54, 1.807) is 0 Å². The Morgan fingerprint density at radius 3 is 2.69 bits per heavy atom. The summed E-state index contributed by atoms with van der Waals surface area (Å²) in [6, 6.07) is 0. The molecule has 13 heavy (non-hydrogen) atoms. The predicted octanol–water partition coefficient (Wildman–Crippen LogP) is 2.74. The highest BCUT2D eigenvalue weighted by Gasteiger charge is 2.18. The Hall–Kier alpha value is -0.630. The minimum absolute atomic E-state index is 0.364. The Labute approximate surface area is 83.4 Å². The molecule has 1 heterocycles. The second-order valence-electron chi connectivity index (χ2n) is 3.81. The lowest BCUT2D eigenvalue weighted by molar-refractivity contribution is 0.760. The van der Waals surface area contributed by atoms with Crippen molar-refractivity contribution in [3.8, 4) is 0 Å². The van der Waals surface area contributed by atoms with Crippen LogP contribution in [-0.4, -0.2) is 9.97 Å². The molecule has 0 saturated carbocycles. The number of aromatic nitrogens is 2. The highest BCUT2D eigenvalue weighted by atomic mass is 35.5. The fraction of sp³-hybridized carbons (Fsp3) is 0.600. The Morgan fingerprint density at radius 1 is 1.23 bits per heavy atom. The standard InChI is InChI=1S/C10H13ClN2/c1-6(2)10-12-8-5-3-4-7(8)9(11)13-10/h6H,3-5H2,1-2H3. The first kappa shape index (κ1) is 8.95. The van der Waals surface area contributed by atoms with Gasteiger partial charge in [0.05, 0.1) is 0 Å². The van der Waals surface area contributed by atoms with E-state index in [4.69, 9.17) is 11.6 Å². The van der Waals surface area contributed by atoms with Crippen molar-refractivity contribution in [2.24, 2.45) is 0 Å². The van der Waals surface area contributed by atoms with Crippen LogP contribution in [0.3, 0.4) is 0 Å². The van der Waals surface area contributed by atoms with E-state index in [1.807, 2.05) is 0 Å². The van der Waals surface area contributed by atoms with Gasteiger partial charge in [-0.25, -0.2) is 9.97 Å². The van der Waals surface area contributed by atoms with Crippen molar-refractivity contribution in [3.05, 3.63) is 22.2 Å². The van der Waals surface area contributed by atoms with Crippen LogP contribution in [0.15, 0.2) is 0 Å². The van der Waals surface area contributed by atoms with Crippen LogP contribution in [0.2, 0.25) is 5.15 Å². The largest absolute Gasteiger partial charge is 0.237 e. The molecule has 0 aromatic carbocycles. The fourth-order valence-corrected chi connectivity index (χ4v) is 1.95. The van der Waals surface area contributed by atoms with E-state index < -0.39 is 0 Å². The lowest BCUT2D eigenvalue weighted by Crippen LogP contribution is -2.02. The zero-order valence-corrected chi connectivity index (χ0v) is 8.73. The lowest BCUT2D eigenvalue weighted by atomic mass is 10.2. The summed E-state index contributed by atoms with van der Waals surface area (Å²) in [4.78, 5) is 8.82. The van der Waals surface area contributed by atoms with E-state index in [-0.39, 0.29) is 0 Å². The van der Waals surface area contributed by atoms with Gasteiger partial charge in [-0.05, 0) is 19.3 Å². The maximum atomic E-state index is 6.07. The molecule has 1 aromatic heterocycles. The average Bonchev–Trinajstić information content (AvgIpc) is 2.51. The molecule has 0 aliphatic heterocycles. The SMILES string of the molecule is CC(C)c1nc(Cl)c2c(n1)CCC2. The van der Waals surface area contributed by atoms with E-state index in [2.05, 4.69) is 23.8 Å². The van der Waals surface area contributed by atoms with Gasteiger partial charge in [0.2, 0.25) is 0 Å². The van der Waals surface area contributed by atoms with E-state index >= 15 is 0 Å². The summed E-state index contributed by atoms with van der Waals surface area (Å²) in [6.07, 6.45) is 3.29. The smallest absolute Gasteiger partial charge is 0.136 e. The Morgan fingerprint density at radius 2 is 2.00 bits per heavy atom. The molecular weight excluding hydrogens is 184 g/mol. The third-order valence-corrected chi connectivity index (χ3v) is 2.73. The molecule has 0 spiro atoms. The molecule has 0 amide bonds. The number of nitrogens with zero attached hydrogens (tertiary/aromatic N) is 2. The predicted molar refractivity (Wildman–Crippen MR) is 53.2 cm³/mol. The van der Waals surface area contributed by atoms with E-state index in [9.17, 15) is 0 Å². The molecule has 1 aromatic rings. The van der Waals surface area contributed by atoms with Crippen LogP contribution >= 0.6 is 11.6 Å². The van der Waals surface area contributed by atoms with E-state index in [0.717, 1.165) is 18.7 Å². The molecule has 0 N–H and O–H groups in total. The number of hydrogen-bond donors (Lipinski definition) is 0. The highest BCUT2D eigenvalue weighted by molar-refractivity contribution is 6.30. The van der Waals surface area contributed by atoms with Crippen LogP contribution in [0.25, 0.3) is 0 Å². The molecule has 0 radical (unpaired) electrons. The van der Waals surface area contributed by atoms with Crippen molar-refractivity contribution in [1.29, 1.82) is 0 Å². The third kappa shape index (κ3) is 1.55. The molecule has 0 fully saturated rings. The molecule has 0 saturated heterocycles. The summed E-state index contributed by atoms with van der Waals surface area (Å²) in [5.41, 5.74) is 2.34. The van der Waals surface area contributed by atoms with Gasteiger partial charge in [-0.3, -0.25) is 0 Å². The number of hydrogen-bond acceptors (Lipinski definition) is 2. The summed E-state index contributed by atoms with van der Waals surface area (Å²) in [6.45, 7) is 4.18. The zero-order valence-electron chi connectivity index (χ0n) is 7.97. The minimum Gasteiger partial charge on any atom is -0.237 e. The van der Waals surface area contributed by atoms with Gasteiger partial charge in [-0.15, -0.1) is 0 Å². The Kier molecular flexibility index (Phi) is 2.24.